The van der Waals surface area contributed by atoms with Crippen LogP contribution in [0.15, 0.2) is 34.9 Å². The Morgan fingerprint density at radius 1 is 1.37 bits per heavy atom. The number of piperidine rings is 1. The number of hydrogen-bond donors (Lipinski definition) is 1. The molecule has 19 heavy (non-hydrogen) atoms. The fraction of sp³-hybridized carbons (Fsp3) is 0.357. The van der Waals surface area contributed by atoms with E-state index in [1.165, 1.54) is 10.3 Å². The summed E-state index contributed by atoms with van der Waals surface area (Å²) in [6, 6.07) is 8.44. The first-order valence-electron chi connectivity index (χ1n) is 6.40. The van der Waals surface area contributed by atoms with Crippen LogP contribution in [0.4, 0.5) is 4.79 Å². The van der Waals surface area contributed by atoms with Crippen molar-refractivity contribution >= 4 is 32.9 Å². The highest BCUT2D eigenvalue weighted by Gasteiger charge is 2.24. The lowest BCUT2D eigenvalue weighted by Crippen LogP contribution is -2.39. The van der Waals surface area contributed by atoms with Crippen LogP contribution in [0.3, 0.4) is 0 Å². The number of hydrogen-bond acceptors (Lipinski definition) is 1. The number of nitrogens with zero attached hydrogens (tertiary/aromatic N) is 2. The largest absolute Gasteiger partial charge is 0.465 e. The Labute approximate surface area is 119 Å². The molecule has 100 valence electrons. The van der Waals surface area contributed by atoms with E-state index in [1.807, 2.05) is 12.1 Å². The van der Waals surface area contributed by atoms with Crippen LogP contribution in [0.5, 0.6) is 0 Å². The molecule has 1 aromatic heterocycles. The molecule has 0 radical (unpaired) electrons. The van der Waals surface area contributed by atoms with E-state index in [4.69, 9.17) is 5.11 Å². The maximum absolute atomic E-state index is 11.1. The minimum absolute atomic E-state index is 0.233. The van der Waals surface area contributed by atoms with Gasteiger partial charge in [-0.05, 0) is 31.0 Å². The molecule has 3 rings (SSSR count). The third-order valence-electron chi connectivity index (χ3n) is 3.77. The predicted octanol–water partition coefficient (Wildman–Crippen LogP) is 3.72. The Morgan fingerprint density at radius 3 is 3.00 bits per heavy atom. The Morgan fingerprint density at radius 2 is 2.21 bits per heavy atom. The molecule has 1 aliphatic heterocycles. The van der Waals surface area contributed by atoms with E-state index in [-0.39, 0.29) is 6.04 Å². The molecule has 1 aliphatic rings. The molecule has 1 aromatic carbocycles. The number of amides is 1. The predicted molar refractivity (Wildman–Crippen MR) is 77.5 cm³/mol. The molecule has 0 unspecified atom stereocenters. The van der Waals surface area contributed by atoms with Crippen LogP contribution in [-0.2, 0) is 0 Å². The molecule has 2 aromatic rings. The maximum Gasteiger partial charge on any atom is 0.407 e. The monoisotopic (exact) mass is 322 g/mol. The number of likely N-dealkylation sites (tertiary alicyclic amines) is 1. The Kier molecular flexibility index (Phi) is 3.22. The molecule has 1 saturated heterocycles. The first kappa shape index (κ1) is 12.5. The zero-order valence-corrected chi connectivity index (χ0v) is 12.0. The van der Waals surface area contributed by atoms with Gasteiger partial charge in [0.2, 0.25) is 0 Å². The number of benzene rings is 1. The summed E-state index contributed by atoms with van der Waals surface area (Å²) < 4.78 is 3.28. The topological polar surface area (TPSA) is 45.5 Å². The molecular weight excluding hydrogens is 308 g/mol. The average molecular weight is 323 g/mol. The smallest absolute Gasteiger partial charge is 0.407 e. The zero-order valence-electron chi connectivity index (χ0n) is 10.4. The molecule has 4 nitrogen and oxygen atoms in total. The Bertz CT molecular complexity index is 623. The van der Waals surface area contributed by atoms with Crippen LogP contribution in [0, 0.1) is 0 Å². The molecule has 0 bridgehead atoms. The standard InChI is InChI=1S/C14H15BrN2O2/c15-12-4-1-5-13-11(12)6-8-17(13)10-3-2-7-16(9-10)14(18)19/h1,4-6,8,10H,2-3,7,9H2,(H,18,19)/t10-/m1/s1. The first-order valence-corrected chi connectivity index (χ1v) is 7.19. The third kappa shape index (κ3) is 2.23. The van der Waals surface area contributed by atoms with Gasteiger partial charge in [0.1, 0.15) is 0 Å². The highest BCUT2D eigenvalue weighted by Crippen LogP contribution is 2.30. The van der Waals surface area contributed by atoms with Crippen LogP contribution in [0.25, 0.3) is 10.9 Å². The van der Waals surface area contributed by atoms with Gasteiger partial charge >= 0.3 is 6.09 Å². The van der Waals surface area contributed by atoms with E-state index in [0.29, 0.717) is 13.1 Å². The van der Waals surface area contributed by atoms with Crippen LogP contribution < -0.4 is 0 Å². The van der Waals surface area contributed by atoms with Crippen LogP contribution in [0.1, 0.15) is 18.9 Å². The number of aromatic nitrogens is 1. The van der Waals surface area contributed by atoms with Gasteiger partial charge in [-0.15, -0.1) is 0 Å². The molecule has 5 heteroatoms. The minimum atomic E-state index is -0.817. The second-order valence-electron chi connectivity index (χ2n) is 4.92. The number of rotatable bonds is 1. The second kappa shape index (κ2) is 4.89. The number of halogens is 1. The molecule has 0 aliphatic carbocycles. The van der Waals surface area contributed by atoms with Gasteiger partial charge in [0.15, 0.2) is 0 Å². The molecule has 0 saturated carbocycles. The summed E-state index contributed by atoms with van der Waals surface area (Å²) in [5.74, 6) is 0. The van der Waals surface area contributed by atoms with Crippen molar-refractivity contribution in [2.24, 2.45) is 0 Å². The Hall–Kier alpha value is -1.49. The summed E-state index contributed by atoms with van der Waals surface area (Å²) in [6.07, 6.45) is 3.19. The van der Waals surface area contributed by atoms with Gasteiger partial charge in [-0.1, -0.05) is 22.0 Å². The van der Waals surface area contributed by atoms with Crippen LogP contribution >= 0.6 is 15.9 Å². The quantitative estimate of drug-likeness (QED) is 0.869. The van der Waals surface area contributed by atoms with Gasteiger partial charge in [-0.2, -0.15) is 0 Å². The summed E-state index contributed by atoms with van der Waals surface area (Å²) in [5, 5.41) is 10.3. The summed E-state index contributed by atoms with van der Waals surface area (Å²) in [4.78, 5) is 12.6. The maximum atomic E-state index is 11.1. The third-order valence-corrected chi connectivity index (χ3v) is 4.46. The molecule has 2 heterocycles. The lowest BCUT2D eigenvalue weighted by Gasteiger charge is -2.32. The summed E-state index contributed by atoms with van der Waals surface area (Å²) in [5.41, 5.74) is 1.16. The molecule has 0 spiro atoms. The number of fused-ring (bicyclic) bond motifs is 1. The van der Waals surface area contributed by atoms with Crippen LogP contribution in [-0.4, -0.2) is 33.8 Å². The molecule has 1 amide bonds. The van der Waals surface area contributed by atoms with Gasteiger partial charge in [0, 0.05) is 34.7 Å². The van der Waals surface area contributed by atoms with E-state index in [0.717, 1.165) is 22.8 Å². The highest BCUT2D eigenvalue weighted by molar-refractivity contribution is 9.10. The molecular formula is C14H15BrN2O2. The fourth-order valence-electron chi connectivity index (χ4n) is 2.82. The van der Waals surface area contributed by atoms with Crippen molar-refractivity contribution in [1.82, 2.24) is 9.47 Å². The second-order valence-corrected chi connectivity index (χ2v) is 5.77. The van der Waals surface area contributed by atoms with E-state index in [2.05, 4.69) is 38.8 Å². The minimum Gasteiger partial charge on any atom is -0.465 e. The van der Waals surface area contributed by atoms with E-state index in [9.17, 15) is 4.79 Å². The average Bonchev–Trinajstić information content (AvgIpc) is 2.84. The van der Waals surface area contributed by atoms with Gasteiger partial charge in [0.05, 0.1) is 6.04 Å². The summed E-state index contributed by atoms with van der Waals surface area (Å²) in [6.45, 7) is 1.22. The van der Waals surface area contributed by atoms with E-state index >= 15 is 0 Å². The van der Waals surface area contributed by atoms with Crippen molar-refractivity contribution < 1.29 is 9.90 Å². The summed E-state index contributed by atoms with van der Waals surface area (Å²) >= 11 is 3.55. The van der Waals surface area contributed by atoms with Crippen molar-refractivity contribution in [1.29, 1.82) is 0 Å². The van der Waals surface area contributed by atoms with E-state index < -0.39 is 6.09 Å². The van der Waals surface area contributed by atoms with Gasteiger partial charge in [-0.25, -0.2) is 4.79 Å². The van der Waals surface area contributed by atoms with Crippen molar-refractivity contribution in [3.8, 4) is 0 Å². The molecule has 1 N–H and O–H groups in total. The highest BCUT2D eigenvalue weighted by atomic mass is 79.9. The van der Waals surface area contributed by atoms with Crippen molar-refractivity contribution in [3.05, 3.63) is 34.9 Å². The van der Waals surface area contributed by atoms with E-state index in [1.54, 1.807) is 0 Å². The lowest BCUT2D eigenvalue weighted by molar-refractivity contribution is 0.122. The number of carbonyl (C=O) groups is 1. The SMILES string of the molecule is O=C(O)N1CCC[C@@H](n2ccc3c(Br)cccc32)C1. The number of carboxylic acid groups (broad SMARTS) is 1. The summed E-state index contributed by atoms with van der Waals surface area (Å²) in [7, 11) is 0. The molecule has 1 fully saturated rings. The Balaban J connectivity index is 1.96. The van der Waals surface area contributed by atoms with Gasteiger partial charge < -0.3 is 14.6 Å². The normalized spacial score (nSPS) is 19.8. The van der Waals surface area contributed by atoms with Gasteiger partial charge in [-0.3, -0.25) is 0 Å². The van der Waals surface area contributed by atoms with Gasteiger partial charge in [0.25, 0.3) is 0 Å². The van der Waals surface area contributed by atoms with Crippen molar-refractivity contribution in [2.45, 2.75) is 18.9 Å². The van der Waals surface area contributed by atoms with Crippen molar-refractivity contribution in [2.75, 3.05) is 13.1 Å². The first-order chi connectivity index (χ1) is 9.16. The van der Waals surface area contributed by atoms with Crippen molar-refractivity contribution in [3.63, 3.8) is 0 Å². The molecule has 1 atom stereocenters. The van der Waals surface area contributed by atoms with Crippen LogP contribution in [0.2, 0.25) is 0 Å². The fourth-order valence-corrected chi connectivity index (χ4v) is 3.31. The zero-order chi connectivity index (χ0) is 13.4. The lowest BCUT2D eigenvalue weighted by atomic mass is 10.1.